The lowest BCUT2D eigenvalue weighted by molar-refractivity contribution is -0.142. The number of nitrogens with one attached hydrogen (secondary N) is 1. The third-order valence-electron chi connectivity index (χ3n) is 8.49. The maximum absolute atomic E-state index is 14.3. The van der Waals surface area contributed by atoms with Crippen LogP contribution in [0.1, 0.15) is 80.9 Å². The maximum atomic E-state index is 14.3. The van der Waals surface area contributed by atoms with Gasteiger partial charge in [-0.2, -0.15) is 0 Å². The first-order chi connectivity index (χ1) is 20.9. The first-order valence-corrected chi connectivity index (χ1v) is 15.3. The van der Waals surface area contributed by atoms with Crippen molar-refractivity contribution in [1.82, 2.24) is 24.8 Å². The minimum absolute atomic E-state index is 0.0564. The first-order valence-electron chi connectivity index (χ1n) is 15.3. The van der Waals surface area contributed by atoms with E-state index in [4.69, 9.17) is 4.74 Å². The van der Waals surface area contributed by atoms with Gasteiger partial charge >= 0.3 is 6.09 Å². The second-order valence-corrected chi connectivity index (χ2v) is 13.0. The van der Waals surface area contributed by atoms with E-state index in [2.05, 4.69) is 41.6 Å². The fourth-order valence-electron chi connectivity index (χ4n) is 6.26. The van der Waals surface area contributed by atoms with Gasteiger partial charge in [-0.25, -0.2) is 18.3 Å². The number of aryl methyl sites for hydroxylation is 2. The van der Waals surface area contributed by atoms with Crippen molar-refractivity contribution in [3.05, 3.63) is 76.6 Å². The van der Waals surface area contributed by atoms with E-state index in [-0.39, 0.29) is 37.5 Å². The van der Waals surface area contributed by atoms with Crippen molar-refractivity contribution in [1.29, 1.82) is 0 Å². The molecule has 0 spiro atoms. The van der Waals surface area contributed by atoms with Crippen LogP contribution in [0, 0.1) is 31.4 Å². The fourth-order valence-corrected chi connectivity index (χ4v) is 6.26. The number of aromatic nitrogens is 3. The summed E-state index contributed by atoms with van der Waals surface area (Å²) in [5, 5.41) is 12.2. The van der Waals surface area contributed by atoms with Gasteiger partial charge in [0.25, 0.3) is 0 Å². The molecule has 44 heavy (non-hydrogen) atoms. The van der Waals surface area contributed by atoms with Crippen molar-refractivity contribution in [3.8, 4) is 0 Å². The van der Waals surface area contributed by atoms with Crippen molar-refractivity contribution >= 4 is 17.7 Å². The summed E-state index contributed by atoms with van der Waals surface area (Å²) in [6.07, 6.45) is 4.31. The third kappa shape index (κ3) is 7.36. The molecular formula is C33H42F2N6O3. The highest BCUT2D eigenvalue weighted by Crippen LogP contribution is 2.36. The molecule has 0 bridgehead atoms. The predicted molar refractivity (Wildman–Crippen MR) is 163 cm³/mol. The first kappa shape index (κ1) is 31.4. The van der Waals surface area contributed by atoms with E-state index >= 15 is 0 Å². The zero-order valence-corrected chi connectivity index (χ0v) is 26.1. The number of rotatable bonds is 6. The number of benzene rings is 2. The van der Waals surface area contributed by atoms with E-state index in [0.29, 0.717) is 24.9 Å². The van der Waals surface area contributed by atoms with Gasteiger partial charge in [-0.3, -0.25) is 4.79 Å². The van der Waals surface area contributed by atoms with Crippen LogP contribution in [0.3, 0.4) is 0 Å². The number of nitrogens with zero attached hydrogens (tertiary/aromatic N) is 5. The summed E-state index contributed by atoms with van der Waals surface area (Å²) in [6.45, 7) is 10.7. The highest BCUT2D eigenvalue weighted by molar-refractivity contribution is 5.80. The predicted octanol–water partition coefficient (Wildman–Crippen LogP) is 6.34. The molecule has 1 aliphatic carbocycles. The molecule has 236 valence electrons. The summed E-state index contributed by atoms with van der Waals surface area (Å²) in [7, 11) is 0. The molecule has 1 N–H and O–H groups in total. The van der Waals surface area contributed by atoms with Crippen molar-refractivity contribution in [2.45, 2.75) is 84.5 Å². The molecule has 3 aromatic rings. The van der Waals surface area contributed by atoms with Gasteiger partial charge in [0.1, 0.15) is 22.9 Å². The van der Waals surface area contributed by atoms with Gasteiger partial charge in [-0.05, 0) is 89.1 Å². The Morgan fingerprint density at radius 1 is 1.00 bits per heavy atom. The topological polar surface area (TPSA) is 92.6 Å². The molecule has 0 radical (unpaired) electrons. The molecule has 5 rings (SSSR count). The summed E-state index contributed by atoms with van der Waals surface area (Å²) in [4.78, 5) is 29.9. The number of halogens is 2. The minimum atomic E-state index is -0.723. The van der Waals surface area contributed by atoms with Crippen molar-refractivity contribution in [3.63, 3.8) is 0 Å². The summed E-state index contributed by atoms with van der Waals surface area (Å²) in [6, 6.07) is 8.92. The van der Waals surface area contributed by atoms with Crippen LogP contribution in [-0.4, -0.2) is 62.0 Å². The third-order valence-corrected chi connectivity index (χ3v) is 8.49. The number of anilines is 1. The van der Waals surface area contributed by atoms with Crippen LogP contribution in [-0.2, 0) is 16.1 Å². The van der Waals surface area contributed by atoms with Gasteiger partial charge in [0, 0.05) is 37.3 Å². The quantitative estimate of drug-likeness (QED) is 0.351. The summed E-state index contributed by atoms with van der Waals surface area (Å²) in [5.74, 6) is -1.73. The number of piperazine rings is 1. The van der Waals surface area contributed by atoms with Crippen LogP contribution >= 0.6 is 0 Å². The zero-order valence-electron chi connectivity index (χ0n) is 26.1. The van der Waals surface area contributed by atoms with Crippen molar-refractivity contribution in [2.24, 2.45) is 5.92 Å². The van der Waals surface area contributed by atoms with Gasteiger partial charge in [0.05, 0.1) is 24.8 Å². The molecule has 11 heteroatoms. The molecule has 1 saturated carbocycles. The Bertz CT molecular complexity index is 1450. The van der Waals surface area contributed by atoms with Gasteiger partial charge in [-0.15, -0.1) is 5.10 Å². The Morgan fingerprint density at radius 3 is 2.30 bits per heavy atom. The molecule has 1 saturated heterocycles. The van der Waals surface area contributed by atoms with Gasteiger partial charge in [-0.1, -0.05) is 23.4 Å². The molecule has 1 atom stereocenters. The Kier molecular flexibility index (Phi) is 9.22. The smallest absolute Gasteiger partial charge is 0.410 e. The number of amides is 2. The highest BCUT2D eigenvalue weighted by Gasteiger charge is 2.39. The zero-order chi connectivity index (χ0) is 31.6. The van der Waals surface area contributed by atoms with E-state index in [1.54, 1.807) is 25.7 Å². The average molecular weight is 609 g/mol. The molecule has 2 aliphatic rings. The molecule has 1 unspecified atom stereocenters. The number of para-hydroxylation sites is 1. The lowest BCUT2D eigenvalue weighted by atomic mass is 9.84. The van der Waals surface area contributed by atoms with Crippen molar-refractivity contribution in [2.75, 3.05) is 25.0 Å². The molecule has 9 nitrogen and oxygen atoms in total. The van der Waals surface area contributed by atoms with Crippen LogP contribution in [0.15, 0.2) is 42.6 Å². The normalized spacial score (nSPS) is 20.8. The van der Waals surface area contributed by atoms with Crippen LogP contribution in [0.4, 0.5) is 19.3 Å². The average Bonchev–Trinajstić information content (AvgIpc) is 3.44. The van der Waals surface area contributed by atoms with Crippen LogP contribution in [0.5, 0.6) is 0 Å². The summed E-state index contributed by atoms with van der Waals surface area (Å²) >= 11 is 0. The van der Waals surface area contributed by atoms with E-state index in [1.807, 2.05) is 16.9 Å². The lowest BCUT2D eigenvalue weighted by Gasteiger charge is -2.43. The Hall–Kier alpha value is -4.02. The maximum Gasteiger partial charge on any atom is 0.410 e. The largest absolute Gasteiger partial charge is 0.444 e. The molecular weight excluding hydrogens is 566 g/mol. The fraction of sp³-hybridized carbons (Fsp3) is 0.515. The number of hydrogen-bond acceptors (Lipinski definition) is 6. The van der Waals surface area contributed by atoms with E-state index in [0.717, 1.165) is 30.3 Å². The second kappa shape index (κ2) is 12.9. The Labute approximate surface area is 257 Å². The van der Waals surface area contributed by atoms with Gasteiger partial charge in [0.2, 0.25) is 5.91 Å². The number of hydrogen-bond donors (Lipinski definition) is 1. The molecule has 2 heterocycles. The van der Waals surface area contributed by atoms with E-state index < -0.39 is 29.4 Å². The SMILES string of the molecule is Cc1cccc(C)c1NCc1cn(C2CCC(C(=O)N3CCN(C(=O)OC(C)(C)C)CC3c3cc(F)cc(F)c3)CC2)nn1. The van der Waals surface area contributed by atoms with Crippen LogP contribution in [0.2, 0.25) is 0 Å². The molecule has 2 amide bonds. The van der Waals surface area contributed by atoms with Gasteiger partial charge in [0.15, 0.2) is 0 Å². The second-order valence-electron chi connectivity index (χ2n) is 13.0. The Morgan fingerprint density at radius 2 is 1.66 bits per heavy atom. The van der Waals surface area contributed by atoms with Crippen LogP contribution in [0.25, 0.3) is 0 Å². The van der Waals surface area contributed by atoms with E-state index in [1.165, 1.54) is 28.2 Å². The van der Waals surface area contributed by atoms with E-state index in [9.17, 15) is 18.4 Å². The van der Waals surface area contributed by atoms with Crippen molar-refractivity contribution < 1.29 is 23.1 Å². The monoisotopic (exact) mass is 608 g/mol. The molecule has 2 fully saturated rings. The highest BCUT2D eigenvalue weighted by atomic mass is 19.1. The molecule has 1 aromatic heterocycles. The standard InChI is InChI=1S/C33H42F2N6O3/c1-21-7-6-8-22(2)30(21)36-18-27-19-41(38-37-27)28-11-9-23(10-12-28)31(42)40-14-13-39(32(43)44-33(3,4)5)20-29(40)24-15-25(34)17-26(35)16-24/h6-8,15-17,19,23,28-29,36H,9-14,18,20H2,1-5H3. The van der Waals surface area contributed by atoms with Gasteiger partial charge < -0.3 is 19.9 Å². The summed E-state index contributed by atoms with van der Waals surface area (Å²) < 4.78 is 36.0. The number of carbonyl (C=O) groups excluding carboxylic acids is 2. The van der Waals surface area contributed by atoms with Crippen LogP contribution < -0.4 is 5.32 Å². The minimum Gasteiger partial charge on any atom is -0.444 e. The molecule has 2 aromatic carbocycles. The Balaban J connectivity index is 1.23. The molecule has 1 aliphatic heterocycles. The number of carbonyl (C=O) groups is 2. The summed E-state index contributed by atoms with van der Waals surface area (Å²) in [5.41, 5.74) is 3.94. The lowest BCUT2D eigenvalue weighted by Crippen LogP contribution is -2.54. The number of ether oxygens (including phenoxy) is 1.